The number of benzene rings is 2. The molecular formula is C19H16ClNO4. The lowest BCUT2D eigenvalue weighted by Crippen LogP contribution is -2.20. The first kappa shape index (κ1) is 17.0. The minimum absolute atomic E-state index is 0.123. The van der Waals surface area contributed by atoms with E-state index in [-0.39, 0.29) is 12.5 Å². The molecule has 1 N–H and O–H groups in total. The van der Waals surface area contributed by atoms with Gasteiger partial charge in [-0.05, 0) is 61.4 Å². The second kappa shape index (κ2) is 6.99. The van der Waals surface area contributed by atoms with Crippen molar-refractivity contribution < 1.29 is 13.9 Å². The molecule has 0 aliphatic heterocycles. The van der Waals surface area contributed by atoms with E-state index in [0.717, 1.165) is 16.5 Å². The minimum Gasteiger partial charge on any atom is -0.484 e. The Kier molecular flexibility index (Phi) is 4.76. The molecule has 2 aromatic carbocycles. The Morgan fingerprint density at radius 2 is 1.84 bits per heavy atom. The lowest BCUT2D eigenvalue weighted by molar-refractivity contribution is -0.118. The van der Waals surface area contributed by atoms with Crippen molar-refractivity contribution in [3.05, 3.63) is 69.0 Å². The van der Waals surface area contributed by atoms with Gasteiger partial charge in [-0.2, -0.15) is 0 Å². The predicted molar refractivity (Wildman–Crippen MR) is 97.5 cm³/mol. The van der Waals surface area contributed by atoms with Gasteiger partial charge in [-0.1, -0.05) is 11.6 Å². The number of anilines is 1. The van der Waals surface area contributed by atoms with Gasteiger partial charge in [0.05, 0.1) is 0 Å². The molecule has 0 atom stereocenters. The third-order valence-electron chi connectivity index (χ3n) is 3.68. The first-order valence-electron chi connectivity index (χ1n) is 7.66. The number of nitrogens with one attached hydrogen (secondary N) is 1. The van der Waals surface area contributed by atoms with Crippen LogP contribution in [0.25, 0.3) is 11.0 Å². The number of ether oxygens (including phenoxy) is 1. The Hall–Kier alpha value is -2.79. The van der Waals surface area contributed by atoms with Crippen LogP contribution >= 0.6 is 11.6 Å². The fourth-order valence-corrected chi connectivity index (χ4v) is 2.59. The summed E-state index contributed by atoms with van der Waals surface area (Å²) in [6.45, 7) is 3.65. The molecule has 3 rings (SSSR count). The van der Waals surface area contributed by atoms with Gasteiger partial charge in [0.25, 0.3) is 5.91 Å². The van der Waals surface area contributed by atoms with Gasteiger partial charge >= 0.3 is 5.63 Å². The van der Waals surface area contributed by atoms with E-state index in [1.807, 2.05) is 13.8 Å². The molecule has 6 heteroatoms. The third kappa shape index (κ3) is 4.00. The number of amides is 1. The van der Waals surface area contributed by atoms with Crippen molar-refractivity contribution in [1.29, 1.82) is 0 Å². The fourth-order valence-electron chi connectivity index (χ4n) is 2.49. The Balaban J connectivity index is 1.66. The number of hydrogen-bond acceptors (Lipinski definition) is 4. The van der Waals surface area contributed by atoms with Gasteiger partial charge in [0, 0.05) is 22.2 Å². The summed E-state index contributed by atoms with van der Waals surface area (Å²) in [5, 5.41) is 4.17. The van der Waals surface area contributed by atoms with Crippen molar-refractivity contribution in [2.24, 2.45) is 0 Å². The zero-order chi connectivity index (χ0) is 18.0. The van der Waals surface area contributed by atoms with Crippen LogP contribution in [0.4, 0.5) is 5.69 Å². The van der Waals surface area contributed by atoms with Crippen LogP contribution < -0.4 is 15.7 Å². The second-order valence-electron chi connectivity index (χ2n) is 5.71. The van der Waals surface area contributed by atoms with E-state index in [4.69, 9.17) is 20.8 Å². The molecule has 1 aromatic heterocycles. The van der Waals surface area contributed by atoms with Crippen molar-refractivity contribution in [2.45, 2.75) is 13.8 Å². The normalized spacial score (nSPS) is 10.7. The Labute approximate surface area is 149 Å². The number of carbonyl (C=O) groups is 1. The zero-order valence-electron chi connectivity index (χ0n) is 13.8. The summed E-state index contributed by atoms with van der Waals surface area (Å²) >= 11 is 6.12. The molecule has 0 spiro atoms. The standard InChI is InChI=1S/C19H16ClNO4/c1-11-7-15(8-12(2)19(11)20)24-10-17(22)21-14-4-5-16-13(9-14)3-6-18(23)25-16/h3-9H,10H2,1-2H3,(H,21,22). The predicted octanol–water partition coefficient (Wildman–Crippen LogP) is 4.08. The van der Waals surface area contributed by atoms with E-state index in [1.165, 1.54) is 6.07 Å². The van der Waals surface area contributed by atoms with Crippen LogP contribution in [0.2, 0.25) is 5.02 Å². The van der Waals surface area contributed by atoms with Crippen molar-refractivity contribution in [2.75, 3.05) is 11.9 Å². The highest BCUT2D eigenvalue weighted by molar-refractivity contribution is 6.32. The van der Waals surface area contributed by atoms with Gasteiger partial charge in [-0.15, -0.1) is 0 Å². The first-order valence-corrected chi connectivity index (χ1v) is 8.03. The van der Waals surface area contributed by atoms with Crippen LogP contribution in [0, 0.1) is 13.8 Å². The van der Waals surface area contributed by atoms with Gasteiger partial charge in [0.2, 0.25) is 0 Å². The molecule has 0 fully saturated rings. The highest BCUT2D eigenvalue weighted by atomic mass is 35.5. The highest BCUT2D eigenvalue weighted by Crippen LogP contribution is 2.26. The molecule has 0 saturated heterocycles. The van der Waals surface area contributed by atoms with Crippen LogP contribution in [0.3, 0.4) is 0 Å². The van der Waals surface area contributed by atoms with E-state index in [0.29, 0.717) is 22.0 Å². The van der Waals surface area contributed by atoms with E-state index in [1.54, 1.807) is 36.4 Å². The monoisotopic (exact) mass is 357 g/mol. The van der Waals surface area contributed by atoms with Crippen LogP contribution in [0.5, 0.6) is 5.75 Å². The molecule has 1 amide bonds. The maximum absolute atomic E-state index is 12.1. The van der Waals surface area contributed by atoms with Crippen molar-refractivity contribution in [1.82, 2.24) is 0 Å². The summed E-state index contributed by atoms with van der Waals surface area (Å²) in [6, 6.07) is 11.6. The van der Waals surface area contributed by atoms with Gasteiger partial charge in [-0.25, -0.2) is 4.79 Å². The van der Waals surface area contributed by atoms with Crippen LogP contribution in [-0.2, 0) is 4.79 Å². The van der Waals surface area contributed by atoms with Gasteiger partial charge in [-0.3, -0.25) is 4.79 Å². The topological polar surface area (TPSA) is 68.5 Å². The number of aryl methyl sites for hydroxylation is 2. The largest absolute Gasteiger partial charge is 0.484 e. The molecule has 5 nitrogen and oxygen atoms in total. The average molecular weight is 358 g/mol. The zero-order valence-corrected chi connectivity index (χ0v) is 14.5. The van der Waals surface area contributed by atoms with Gasteiger partial charge < -0.3 is 14.5 Å². The fraction of sp³-hybridized carbons (Fsp3) is 0.158. The van der Waals surface area contributed by atoms with Gasteiger partial charge in [0.1, 0.15) is 11.3 Å². The summed E-state index contributed by atoms with van der Waals surface area (Å²) in [5.74, 6) is 0.303. The van der Waals surface area contributed by atoms with Gasteiger partial charge in [0.15, 0.2) is 6.61 Å². The molecule has 3 aromatic rings. The Morgan fingerprint density at radius 1 is 1.12 bits per heavy atom. The Bertz CT molecular complexity index is 987. The molecule has 0 aliphatic rings. The van der Waals surface area contributed by atoms with E-state index in [2.05, 4.69) is 5.32 Å². The van der Waals surface area contributed by atoms with Crippen LogP contribution in [-0.4, -0.2) is 12.5 Å². The number of carbonyl (C=O) groups excluding carboxylic acids is 1. The molecule has 1 heterocycles. The van der Waals surface area contributed by atoms with Crippen molar-refractivity contribution in [3.63, 3.8) is 0 Å². The quantitative estimate of drug-likeness (QED) is 0.714. The molecule has 0 unspecified atom stereocenters. The number of halogens is 1. The maximum atomic E-state index is 12.1. The summed E-state index contributed by atoms with van der Waals surface area (Å²) in [5.41, 5.74) is 2.44. The third-order valence-corrected chi connectivity index (χ3v) is 4.28. The first-order chi connectivity index (χ1) is 11.9. The maximum Gasteiger partial charge on any atom is 0.336 e. The average Bonchev–Trinajstić information content (AvgIpc) is 2.58. The summed E-state index contributed by atoms with van der Waals surface area (Å²) in [4.78, 5) is 23.3. The number of fused-ring (bicyclic) bond motifs is 1. The molecule has 0 saturated carbocycles. The lowest BCUT2D eigenvalue weighted by Gasteiger charge is -2.10. The number of rotatable bonds is 4. The summed E-state index contributed by atoms with van der Waals surface area (Å²) < 4.78 is 10.6. The van der Waals surface area contributed by atoms with E-state index < -0.39 is 5.63 Å². The number of hydrogen-bond donors (Lipinski definition) is 1. The SMILES string of the molecule is Cc1cc(OCC(=O)Nc2ccc3oc(=O)ccc3c2)cc(C)c1Cl. The smallest absolute Gasteiger partial charge is 0.336 e. The summed E-state index contributed by atoms with van der Waals surface area (Å²) in [7, 11) is 0. The highest BCUT2D eigenvalue weighted by Gasteiger charge is 2.08. The van der Waals surface area contributed by atoms with Crippen LogP contribution in [0.1, 0.15) is 11.1 Å². The minimum atomic E-state index is -0.411. The van der Waals surface area contributed by atoms with Crippen molar-refractivity contribution >= 4 is 34.2 Å². The second-order valence-corrected chi connectivity index (χ2v) is 6.09. The van der Waals surface area contributed by atoms with Crippen LogP contribution in [0.15, 0.2) is 51.7 Å². The summed E-state index contributed by atoms with van der Waals surface area (Å²) in [6.07, 6.45) is 0. The molecule has 128 valence electrons. The van der Waals surface area contributed by atoms with E-state index in [9.17, 15) is 9.59 Å². The molecular weight excluding hydrogens is 342 g/mol. The molecule has 0 aliphatic carbocycles. The van der Waals surface area contributed by atoms with Crippen molar-refractivity contribution in [3.8, 4) is 5.75 Å². The lowest BCUT2D eigenvalue weighted by atomic mass is 10.1. The Morgan fingerprint density at radius 3 is 2.56 bits per heavy atom. The molecule has 25 heavy (non-hydrogen) atoms. The molecule has 0 bridgehead atoms. The van der Waals surface area contributed by atoms with E-state index >= 15 is 0 Å². The molecule has 0 radical (unpaired) electrons.